The molecule has 1 aromatic rings. The second-order valence-corrected chi connectivity index (χ2v) is 0.901. The maximum Gasteiger partial charge on any atom is 1.00 e. The Balaban J connectivity index is 0.000000640. The van der Waals surface area contributed by atoms with Gasteiger partial charge < -0.3 is 0 Å². The number of hydrogen-bond acceptors (Lipinski definition) is 3. The summed E-state index contributed by atoms with van der Waals surface area (Å²) in [5.74, 6) is 0.00694. The number of nitrogens with zero attached hydrogens (tertiary/aromatic N) is 6. The van der Waals surface area contributed by atoms with E-state index in [0.29, 0.717) is 0 Å². The van der Waals surface area contributed by atoms with Gasteiger partial charge >= 0.3 is 68.9 Å². The van der Waals surface area contributed by atoms with E-state index in [9.17, 15) is 0 Å². The number of H-pyrrole nitrogens is 1. The zero-order chi connectivity index (χ0) is 5.82. The van der Waals surface area contributed by atoms with E-state index in [1.807, 2.05) is 0 Å². The van der Waals surface area contributed by atoms with Crippen LogP contribution in [0.2, 0.25) is 0 Å². The maximum absolute atomic E-state index is 7.77. The summed E-state index contributed by atoms with van der Waals surface area (Å²) >= 11 is 0. The summed E-state index contributed by atoms with van der Waals surface area (Å²) in [5, 5.41) is 15.0. The molecule has 0 aromatic carbocycles. The van der Waals surface area contributed by atoms with Crippen LogP contribution in [0.15, 0.2) is 5.11 Å². The zero-order valence-electron chi connectivity index (χ0n) is 4.68. The number of rotatable bonds is 1. The number of aromatic nitrogens is 4. The molecule has 0 fully saturated rings. The van der Waals surface area contributed by atoms with Crippen molar-refractivity contribution >= 4 is 5.95 Å². The Hall–Kier alpha value is 0.432. The van der Waals surface area contributed by atoms with Gasteiger partial charge in [0.15, 0.2) is 0 Å². The number of aromatic amines is 1. The van der Waals surface area contributed by atoms with E-state index in [4.69, 9.17) is 5.53 Å². The minimum Gasteiger partial charge on any atom is -0.241 e. The summed E-state index contributed by atoms with van der Waals surface area (Å²) in [4.78, 5) is 2.42. The van der Waals surface area contributed by atoms with Crippen molar-refractivity contribution in [2.75, 3.05) is 0 Å². The molecular formula is CHCsN7+. The van der Waals surface area contributed by atoms with E-state index in [1.165, 1.54) is 0 Å². The fourth-order valence-corrected chi connectivity index (χ4v) is 0.239. The summed E-state index contributed by atoms with van der Waals surface area (Å²) in [6, 6.07) is 0. The van der Waals surface area contributed by atoms with Gasteiger partial charge in [0.05, 0.1) is 10.0 Å². The maximum atomic E-state index is 7.77. The average Bonchev–Trinajstić information content (AvgIpc) is 2.19. The summed E-state index contributed by atoms with van der Waals surface area (Å²) in [6.07, 6.45) is 0. The first-order chi connectivity index (χ1) is 3.93. The van der Waals surface area contributed by atoms with Crippen molar-refractivity contribution in [1.29, 1.82) is 0 Å². The minimum atomic E-state index is 0. The Morgan fingerprint density at radius 1 is 1.78 bits per heavy atom. The predicted octanol–water partition coefficient (Wildman–Crippen LogP) is -3.81. The van der Waals surface area contributed by atoms with Gasteiger partial charge in [-0.15, -0.1) is 10.3 Å². The van der Waals surface area contributed by atoms with Crippen LogP contribution >= 0.6 is 0 Å². The van der Waals surface area contributed by atoms with Crippen molar-refractivity contribution < 1.29 is 74.1 Å². The van der Waals surface area contributed by atoms with Gasteiger partial charge in [-0.1, -0.05) is 0 Å². The summed E-state index contributed by atoms with van der Waals surface area (Å²) in [6.45, 7) is 0. The topological polar surface area (TPSA) is 103 Å². The zero-order valence-corrected chi connectivity index (χ0v) is 11.0. The quantitative estimate of drug-likeness (QED) is 0.287. The van der Waals surface area contributed by atoms with Crippen LogP contribution in [0.1, 0.15) is 0 Å². The second-order valence-electron chi connectivity index (χ2n) is 0.901. The third kappa shape index (κ3) is 3.21. The van der Waals surface area contributed by atoms with E-state index < -0.39 is 0 Å². The molecule has 0 aliphatic rings. The molecule has 0 spiro atoms. The first kappa shape index (κ1) is 9.43. The third-order valence-electron chi connectivity index (χ3n) is 0.468. The van der Waals surface area contributed by atoms with Gasteiger partial charge in [-0.25, -0.2) is 5.10 Å². The van der Waals surface area contributed by atoms with Crippen LogP contribution in [0.5, 0.6) is 0 Å². The second kappa shape index (κ2) is 5.24. The van der Waals surface area contributed by atoms with Crippen LogP contribution in [-0.4, -0.2) is 10.3 Å². The summed E-state index contributed by atoms with van der Waals surface area (Å²) < 4.78 is 0. The third-order valence-corrected chi connectivity index (χ3v) is 0.468. The van der Waals surface area contributed by atoms with Crippen LogP contribution in [0.4, 0.5) is 5.95 Å². The Kier molecular flexibility index (Phi) is 5.49. The van der Waals surface area contributed by atoms with Gasteiger partial charge in [0.1, 0.15) is 0 Å². The van der Waals surface area contributed by atoms with Gasteiger partial charge in [-0.3, -0.25) is 0 Å². The van der Waals surface area contributed by atoms with E-state index in [1.54, 1.807) is 0 Å². The van der Waals surface area contributed by atoms with E-state index >= 15 is 0 Å². The van der Waals surface area contributed by atoms with Crippen LogP contribution in [0.3, 0.4) is 0 Å². The molecule has 0 aliphatic carbocycles. The summed E-state index contributed by atoms with van der Waals surface area (Å²) in [5.41, 5.74) is 7.77. The standard InChI is InChI=1S/CHN7.Cs/c2-6-3-1-4-7-8-5-1;/h(H-,4,5,7,8);/q;+1. The van der Waals surface area contributed by atoms with Crippen LogP contribution < -0.4 is 79.2 Å². The Bertz CT molecular complexity index is 195. The first-order valence-electron chi connectivity index (χ1n) is 1.72. The molecular weight excluding hydrogens is 243 g/mol. The monoisotopic (exact) mass is 244 g/mol. The minimum absolute atomic E-state index is 0. The normalized spacial score (nSPS) is 7.11. The number of hydrogen-bond donors (Lipinski definition) is 0. The van der Waals surface area contributed by atoms with E-state index in [0.717, 1.165) is 0 Å². The molecule has 1 rings (SSSR count). The predicted molar refractivity (Wildman–Crippen MR) is 20.7 cm³/mol. The van der Waals surface area contributed by atoms with Crippen molar-refractivity contribution in [2.45, 2.75) is 0 Å². The molecule has 1 N–H and O–H groups in total. The molecule has 0 aliphatic heterocycles. The van der Waals surface area contributed by atoms with Gasteiger partial charge in [-0.05, 0) is 0 Å². The molecule has 1 aromatic heterocycles. The number of azide groups is 1. The molecule has 40 valence electrons. The van der Waals surface area contributed by atoms with Crippen LogP contribution in [0.25, 0.3) is 10.4 Å². The molecule has 0 radical (unpaired) electrons. The van der Waals surface area contributed by atoms with Crippen molar-refractivity contribution in [3.05, 3.63) is 10.4 Å². The van der Waals surface area contributed by atoms with Crippen LogP contribution in [0, 0.1) is 0 Å². The number of nitrogens with one attached hydrogen (secondary N) is 1. The molecule has 0 atom stereocenters. The molecule has 0 bridgehead atoms. The largest absolute Gasteiger partial charge is 1.00 e. The van der Waals surface area contributed by atoms with E-state index in [-0.39, 0.29) is 74.8 Å². The first-order valence-corrected chi connectivity index (χ1v) is 1.72. The van der Waals surface area contributed by atoms with Gasteiger partial charge in [-0.2, -0.15) is 5.21 Å². The fourth-order valence-electron chi connectivity index (χ4n) is 0.239. The van der Waals surface area contributed by atoms with Gasteiger partial charge in [0, 0.05) is 5.53 Å². The fraction of sp³-hybridized carbons (Fsp3) is 0. The van der Waals surface area contributed by atoms with Crippen molar-refractivity contribution in [3.8, 4) is 0 Å². The molecule has 0 saturated carbocycles. The molecule has 0 unspecified atom stereocenters. The Labute approximate surface area is 109 Å². The van der Waals surface area contributed by atoms with Crippen molar-refractivity contribution in [1.82, 2.24) is 15.4 Å². The molecule has 0 saturated heterocycles. The Morgan fingerprint density at radius 3 is 3.00 bits per heavy atom. The van der Waals surface area contributed by atoms with Crippen molar-refractivity contribution in [2.24, 2.45) is 5.11 Å². The summed E-state index contributed by atoms with van der Waals surface area (Å²) in [7, 11) is 0. The SMILES string of the molecule is [Cs+].[N-]=[N+]=Nc1nn[nH+][n-]1. The van der Waals surface area contributed by atoms with Crippen LogP contribution in [-0.2, 0) is 0 Å². The van der Waals surface area contributed by atoms with E-state index in [2.05, 4.69) is 30.7 Å². The molecule has 8 heteroatoms. The number of tetrazole rings is 1. The molecule has 7 nitrogen and oxygen atoms in total. The Morgan fingerprint density at radius 2 is 2.56 bits per heavy atom. The smallest absolute Gasteiger partial charge is 0.241 e. The molecule has 1 heterocycles. The van der Waals surface area contributed by atoms with Gasteiger partial charge in [0.2, 0.25) is 5.95 Å². The molecule has 9 heavy (non-hydrogen) atoms. The average molecular weight is 244 g/mol. The van der Waals surface area contributed by atoms with Gasteiger partial charge in [0.25, 0.3) is 0 Å². The van der Waals surface area contributed by atoms with Crippen molar-refractivity contribution in [3.63, 3.8) is 0 Å². The molecule has 0 amide bonds.